The number of nitrogens with zero attached hydrogens (tertiary/aromatic N) is 2. The average Bonchev–Trinajstić information content (AvgIpc) is 2.63. The number of rotatable bonds is 6. The molecule has 0 amide bonds. The lowest BCUT2D eigenvalue weighted by atomic mass is 10.2. The third-order valence-corrected chi connectivity index (χ3v) is 1.77. The number of aliphatic hydroxyl groups excluding tert-OH is 1. The highest BCUT2D eigenvalue weighted by molar-refractivity contribution is 4.89. The van der Waals surface area contributed by atoms with Gasteiger partial charge in [-0.3, -0.25) is 0 Å². The predicted molar refractivity (Wildman–Crippen MR) is 49.5 cm³/mol. The number of ether oxygens (including phenoxy) is 1. The van der Waals surface area contributed by atoms with Crippen molar-refractivity contribution in [1.82, 2.24) is 10.1 Å². The second-order valence-corrected chi connectivity index (χ2v) is 2.99. The Balaban J connectivity index is 2.49. The zero-order chi connectivity index (χ0) is 10.4. The van der Waals surface area contributed by atoms with Crippen molar-refractivity contribution in [3.63, 3.8) is 0 Å². The third kappa shape index (κ3) is 3.08. The molecule has 0 aromatic carbocycles. The van der Waals surface area contributed by atoms with Gasteiger partial charge in [-0.15, -0.1) is 0 Å². The molecule has 0 saturated heterocycles. The lowest BCUT2D eigenvalue weighted by Gasteiger charge is -2.01. The monoisotopic (exact) mass is 200 g/mol. The Labute approximate surface area is 83.1 Å². The van der Waals surface area contributed by atoms with E-state index in [2.05, 4.69) is 10.1 Å². The first-order valence-electron chi connectivity index (χ1n) is 4.86. The van der Waals surface area contributed by atoms with Crippen LogP contribution >= 0.6 is 0 Å². The van der Waals surface area contributed by atoms with Gasteiger partial charge >= 0.3 is 0 Å². The summed E-state index contributed by atoms with van der Waals surface area (Å²) >= 11 is 0. The molecule has 1 rings (SSSR count). The SMILES string of the molecule is CCCC(O)c1noc(COCC)n1. The van der Waals surface area contributed by atoms with Crippen molar-refractivity contribution in [3.05, 3.63) is 11.7 Å². The van der Waals surface area contributed by atoms with E-state index in [9.17, 15) is 5.11 Å². The van der Waals surface area contributed by atoms with Crippen LogP contribution in [0.5, 0.6) is 0 Å². The topological polar surface area (TPSA) is 68.4 Å². The highest BCUT2D eigenvalue weighted by Crippen LogP contribution is 2.14. The van der Waals surface area contributed by atoms with Crippen LogP contribution in [-0.4, -0.2) is 21.9 Å². The molecule has 0 aliphatic rings. The summed E-state index contributed by atoms with van der Waals surface area (Å²) in [7, 11) is 0. The maximum atomic E-state index is 9.53. The van der Waals surface area contributed by atoms with Gasteiger partial charge in [-0.2, -0.15) is 4.98 Å². The molecule has 0 radical (unpaired) electrons. The van der Waals surface area contributed by atoms with Gasteiger partial charge in [0.25, 0.3) is 5.89 Å². The fourth-order valence-corrected chi connectivity index (χ4v) is 1.05. The van der Waals surface area contributed by atoms with Gasteiger partial charge in [0.2, 0.25) is 0 Å². The molecule has 1 heterocycles. The standard InChI is InChI=1S/C9H16N2O3/c1-3-5-7(12)9-10-8(14-11-9)6-13-4-2/h7,12H,3-6H2,1-2H3. The molecule has 0 bridgehead atoms. The van der Waals surface area contributed by atoms with Gasteiger partial charge in [-0.1, -0.05) is 18.5 Å². The predicted octanol–water partition coefficient (Wildman–Crippen LogP) is 1.44. The number of hydrogen-bond acceptors (Lipinski definition) is 5. The highest BCUT2D eigenvalue weighted by atomic mass is 16.5. The maximum absolute atomic E-state index is 9.53. The Morgan fingerprint density at radius 1 is 1.50 bits per heavy atom. The van der Waals surface area contributed by atoms with Gasteiger partial charge in [0.05, 0.1) is 0 Å². The molecule has 80 valence electrons. The van der Waals surface area contributed by atoms with Gasteiger partial charge in [0.1, 0.15) is 12.7 Å². The van der Waals surface area contributed by atoms with Crippen molar-refractivity contribution >= 4 is 0 Å². The smallest absolute Gasteiger partial charge is 0.252 e. The van der Waals surface area contributed by atoms with E-state index in [1.807, 2.05) is 13.8 Å². The Hall–Kier alpha value is -0.940. The van der Waals surface area contributed by atoms with Crippen LogP contribution < -0.4 is 0 Å². The zero-order valence-corrected chi connectivity index (χ0v) is 8.56. The molecule has 5 nitrogen and oxygen atoms in total. The minimum absolute atomic E-state index is 0.308. The highest BCUT2D eigenvalue weighted by Gasteiger charge is 2.14. The second kappa shape index (κ2) is 5.72. The van der Waals surface area contributed by atoms with Crippen molar-refractivity contribution in [1.29, 1.82) is 0 Å². The van der Waals surface area contributed by atoms with Gasteiger partial charge < -0.3 is 14.4 Å². The van der Waals surface area contributed by atoms with Crippen molar-refractivity contribution in [2.24, 2.45) is 0 Å². The summed E-state index contributed by atoms with van der Waals surface area (Å²) in [4.78, 5) is 4.01. The van der Waals surface area contributed by atoms with E-state index < -0.39 is 6.10 Å². The molecule has 5 heteroatoms. The van der Waals surface area contributed by atoms with E-state index in [0.29, 0.717) is 31.3 Å². The molecule has 14 heavy (non-hydrogen) atoms. The Morgan fingerprint density at radius 2 is 2.29 bits per heavy atom. The third-order valence-electron chi connectivity index (χ3n) is 1.77. The van der Waals surface area contributed by atoms with Gasteiger partial charge in [-0.25, -0.2) is 0 Å². The van der Waals surface area contributed by atoms with E-state index in [-0.39, 0.29) is 0 Å². The van der Waals surface area contributed by atoms with Gasteiger partial charge in [-0.05, 0) is 13.3 Å². The van der Waals surface area contributed by atoms with E-state index in [1.54, 1.807) is 0 Å². The Kier molecular flexibility index (Phi) is 4.55. The van der Waals surface area contributed by atoms with Crippen LogP contribution in [0.4, 0.5) is 0 Å². The summed E-state index contributed by atoms with van der Waals surface area (Å²) in [6.07, 6.45) is 0.906. The van der Waals surface area contributed by atoms with Gasteiger partial charge in [0.15, 0.2) is 5.82 Å². The molecular weight excluding hydrogens is 184 g/mol. The fraction of sp³-hybridized carbons (Fsp3) is 0.778. The minimum Gasteiger partial charge on any atom is -0.385 e. The van der Waals surface area contributed by atoms with E-state index in [1.165, 1.54) is 0 Å². The summed E-state index contributed by atoms with van der Waals surface area (Å²) in [5.74, 6) is 0.763. The van der Waals surface area contributed by atoms with Gasteiger partial charge in [0, 0.05) is 6.61 Å². The van der Waals surface area contributed by atoms with Crippen LogP contribution in [0.1, 0.15) is 44.5 Å². The number of hydrogen-bond donors (Lipinski definition) is 1. The normalized spacial score (nSPS) is 13.1. The molecule has 1 aromatic heterocycles. The summed E-state index contributed by atoms with van der Waals surface area (Å²) in [5.41, 5.74) is 0. The summed E-state index contributed by atoms with van der Waals surface area (Å²) in [5, 5.41) is 13.2. The first-order chi connectivity index (χ1) is 6.77. The van der Waals surface area contributed by atoms with E-state index in [4.69, 9.17) is 9.26 Å². The zero-order valence-electron chi connectivity index (χ0n) is 8.56. The van der Waals surface area contributed by atoms with Crippen LogP contribution in [0.3, 0.4) is 0 Å². The maximum Gasteiger partial charge on any atom is 0.252 e. The molecule has 1 unspecified atom stereocenters. The van der Waals surface area contributed by atoms with E-state index in [0.717, 1.165) is 6.42 Å². The number of aromatic nitrogens is 2. The number of aliphatic hydroxyl groups is 1. The minimum atomic E-state index is -0.626. The van der Waals surface area contributed by atoms with Crippen molar-refractivity contribution < 1.29 is 14.4 Å². The quantitative estimate of drug-likeness (QED) is 0.752. The molecular formula is C9H16N2O3. The molecule has 0 aliphatic heterocycles. The fourth-order valence-electron chi connectivity index (χ4n) is 1.05. The lowest BCUT2D eigenvalue weighted by Crippen LogP contribution is -1.99. The van der Waals surface area contributed by atoms with Crippen LogP contribution in [0.15, 0.2) is 4.52 Å². The van der Waals surface area contributed by atoms with Crippen LogP contribution in [-0.2, 0) is 11.3 Å². The molecule has 0 aliphatic carbocycles. The molecule has 0 spiro atoms. The second-order valence-electron chi connectivity index (χ2n) is 2.99. The van der Waals surface area contributed by atoms with Crippen LogP contribution in [0.2, 0.25) is 0 Å². The Bertz CT molecular complexity index is 262. The summed E-state index contributed by atoms with van der Waals surface area (Å²) < 4.78 is 9.98. The first-order valence-corrected chi connectivity index (χ1v) is 4.86. The lowest BCUT2D eigenvalue weighted by molar-refractivity contribution is 0.109. The van der Waals surface area contributed by atoms with E-state index >= 15 is 0 Å². The van der Waals surface area contributed by atoms with Crippen molar-refractivity contribution in [2.45, 2.75) is 39.4 Å². The average molecular weight is 200 g/mol. The molecule has 0 fully saturated rings. The largest absolute Gasteiger partial charge is 0.385 e. The Morgan fingerprint density at radius 3 is 2.93 bits per heavy atom. The van der Waals surface area contributed by atoms with Crippen LogP contribution in [0, 0.1) is 0 Å². The molecule has 1 atom stereocenters. The summed E-state index contributed by atoms with van der Waals surface area (Å²) in [6, 6.07) is 0. The molecule has 1 N–H and O–H groups in total. The molecule has 1 aromatic rings. The van der Waals surface area contributed by atoms with Crippen molar-refractivity contribution in [2.75, 3.05) is 6.61 Å². The summed E-state index contributed by atoms with van der Waals surface area (Å²) in [6.45, 7) is 4.80. The molecule has 0 saturated carbocycles. The van der Waals surface area contributed by atoms with Crippen LogP contribution in [0.25, 0.3) is 0 Å². The first kappa shape index (κ1) is 11.1. The van der Waals surface area contributed by atoms with Crippen molar-refractivity contribution in [3.8, 4) is 0 Å².